The molecule has 2 aromatic carbocycles. The third-order valence-corrected chi connectivity index (χ3v) is 6.70. The number of pyridine rings is 1. The van der Waals surface area contributed by atoms with E-state index in [1.54, 1.807) is 37.7 Å². The van der Waals surface area contributed by atoms with Gasteiger partial charge in [-0.05, 0) is 35.9 Å². The SMILES string of the molecule is COc1cc(NC(=O)NCc2cccnc2)ccc1Nc1ncc(Cl)c(Nc2ccc(N3CCOCC3)c(OC)c2)n1. The molecule has 0 bridgehead atoms. The summed E-state index contributed by atoms with van der Waals surface area (Å²) in [6.45, 7) is 3.32. The number of methoxy groups -OCH3 is 2. The van der Waals surface area contributed by atoms with Gasteiger partial charge in [0.25, 0.3) is 0 Å². The Balaban J connectivity index is 1.25. The zero-order valence-corrected chi connectivity index (χ0v) is 23.9. The molecular weight excluding hydrogens is 560 g/mol. The van der Waals surface area contributed by atoms with Crippen LogP contribution in [-0.4, -0.2) is 61.5 Å². The minimum absolute atomic E-state index is 0.298. The van der Waals surface area contributed by atoms with Crippen LogP contribution in [0.5, 0.6) is 11.5 Å². The maximum Gasteiger partial charge on any atom is 0.319 e. The number of hydrogen-bond acceptors (Lipinski definition) is 10. The van der Waals surface area contributed by atoms with Crippen LogP contribution in [0.2, 0.25) is 5.02 Å². The Morgan fingerprint density at radius 3 is 2.55 bits per heavy atom. The lowest BCUT2D eigenvalue weighted by Crippen LogP contribution is -2.36. The number of carbonyl (C=O) groups excluding carboxylic acids is 1. The van der Waals surface area contributed by atoms with E-state index in [2.05, 4.69) is 41.1 Å². The minimum atomic E-state index is -0.354. The number of nitrogens with one attached hydrogen (secondary N) is 4. The molecule has 0 aliphatic carbocycles. The molecule has 3 heterocycles. The summed E-state index contributed by atoms with van der Waals surface area (Å²) >= 11 is 6.43. The minimum Gasteiger partial charge on any atom is -0.495 e. The van der Waals surface area contributed by atoms with Crippen molar-refractivity contribution >= 4 is 52.1 Å². The van der Waals surface area contributed by atoms with Crippen molar-refractivity contribution in [3.8, 4) is 11.5 Å². The molecule has 0 radical (unpaired) electrons. The van der Waals surface area contributed by atoms with Crippen molar-refractivity contribution in [3.63, 3.8) is 0 Å². The van der Waals surface area contributed by atoms with E-state index in [9.17, 15) is 4.79 Å². The second-order valence-electron chi connectivity index (χ2n) is 9.21. The van der Waals surface area contributed by atoms with Crippen LogP contribution in [0.3, 0.4) is 0 Å². The number of nitrogens with zero attached hydrogens (tertiary/aromatic N) is 4. The highest BCUT2D eigenvalue weighted by molar-refractivity contribution is 6.32. The Morgan fingerprint density at radius 1 is 1.00 bits per heavy atom. The predicted molar refractivity (Wildman–Crippen MR) is 163 cm³/mol. The molecular formula is C29H31ClN8O4. The third-order valence-electron chi connectivity index (χ3n) is 6.42. The fourth-order valence-corrected chi connectivity index (χ4v) is 4.46. The maximum atomic E-state index is 12.4. The van der Waals surface area contributed by atoms with Gasteiger partial charge in [0.05, 0.1) is 45.0 Å². The number of urea groups is 1. The Bertz CT molecular complexity index is 1520. The fourth-order valence-electron chi connectivity index (χ4n) is 4.33. The quantitative estimate of drug-likeness (QED) is 0.195. The average molecular weight is 591 g/mol. The van der Waals surface area contributed by atoms with E-state index < -0.39 is 0 Å². The molecule has 0 atom stereocenters. The third kappa shape index (κ3) is 7.28. The van der Waals surface area contributed by atoms with Gasteiger partial charge in [-0.3, -0.25) is 4.98 Å². The highest BCUT2D eigenvalue weighted by Crippen LogP contribution is 2.35. The molecule has 0 spiro atoms. The van der Waals surface area contributed by atoms with Crippen LogP contribution in [0.25, 0.3) is 0 Å². The first-order chi connectivity index (χ1) is 20.5. The maximum absolute atomic E-state index is 12.4. The zero-order chi connectivity index (χ0) is 29.3. The lowest BCUT2D eigenvalue weighted by atomic mass is 10.2. The topological polar surface area (TPSA) is 135 Å². The molecule has 0 saturated carbocycles. The van der Waals surface area contributed by atoms with Crippen molar-refractivity contribution in [2.24, 2.45) is 0 Å². The number of anilines is 6. The first kappa shape index (κ1) is 28.7. The number of ether oxygens (including phenoxy) is 3. The van der Waals surface area contributed by atoms with Crippen molar-refractivity contribution in [3.05, 3.63) is 77.7 Å². The van der Waals surface area contributed by atoms with Crippen molar-refractivity contribution in [2.45, 2.75) is 6.54 Å². The van der Waals surface area contributed by atoms with E-state index in [1.165, 1.54) is 13.3 Å². The molecule has 2 aromatic heterocycles. The number of aromatic nitrogens is 3. The van der Waals surface area contributed by atoms with E-state index in [-0.39, 0.29) is 6.03 Å². The van der Waals surface area contributed by atoms with Gasteiger partial charge >= 0.3 is 6.03 Å². The van der Waals surface area contributed by atoms with Gasteiger partial charge in [-0.2, -0.15) is 4.98 Å². The van der Waals surface area contributed by atoms with Gasteiger partial charge in [0, 0.05) is 55.5 Å². The summed E-state index contributed by atoms with van der Waals surface area (Å²) in [5.41, 5.74) is 3.80. The van der Waals surface area contributed by atoms with Gasteiger partial charge in [-0.1, -0.05) is 17.7 Å². The molecule has 1 saturated heterocycles. The van der Waals surface area contributed by atoms with Crippen LogP contribution in [0.15, 0.2) is 67.1 Å². The number of hydrogen-bond donors (Lipinski definition) is 4. The van der Waals surface area contributed by atoms with E-state index in [1.807, 2.05) is 30.3 Å². The number of benzene rings is 2. The first-order valence-corrected chi connectivity index (χ1v) is 13.6. The Morgan fingerprint density at radius 2 is 1.79 bits per heavy atom. The van der Waals surface area contributed by atoms with E-state index in [0.717, 1.165) is 35.8 Å². The number of rotatable bonds is 10. The summed E-state index contributed by atoms with van der Waals surface area (Å²) in [4.78, 5) is 27.5. The summed E-state index contributed by atoms with van der Waals surface area (Å²) in [5, 5.41) is 12.3. The van der Waals surface area contributed by atoms with Crippen molar-refractivity contribution in [1.82, 2.24) is 20.3 Å². The number of carbonyl (C=O) groups is 1. The number of halogens is 1. The largest absolute Gasteiger partial charge is 0.495 e. The van der Waals surface area contributed by atoms with E-state index >= 15 is 0 Å². The van der Waals surface area contributed by atoms with Crippen molar-refractivity contribution in [2.75, 3.05) is 61.4 Å². The van der Waals surface area contributed by atoms with Gasteiger partial charge in [0.2, 0.25) is 5.95 Å². The number of amides is 2. The van der Waals surface area contributed by atoms with E-state index in [4.69, 9.17) is 25.8 Å². The molecule has 2 amide bonds. The summed E-state index contributed by atoms with van der Waals surface area (Å²) in [7, 11) is 3.18. The molecule has 12 nitrogen and oxygen atoms in total. The van der Waals surface area contributed by atoms with Crippen LogP contribution >= 0.6 is 11.6 Å². The summed E-state index contributed by atoms with van der Waals surface area (Å²) in [6.07, 6.45) is 4.89. The molecule has 42 heavy (non-hydrogen) atoms. The van der Waals surface area contributed by atoms with Crippen molar-refractivity contribution < 1.29 is 19.0 Å². The van der Waals surface area contributed by atoms with E-state index in [0.29, 0.717) is 53.7 Å². The lowest BCUT2D eigenvalue weighted by Gasteiger charge is -2.30. The highest BCUT2D eigenvalue weighted by atomic mass is 35.5. The molecule has 1 aliphatic heterocycles. The molecule has 4 N–H and O–H groups in total. The van der Waals surface area contributed by atoms with Gasteiger partial charge in [0.15, 0.2) is 5.82 Å². The average Bonchev–Trinajstić information content (AvgIpc) is 3.03. The molecule has 5 rings (SSSR count). The van der Waals surface area contributed by atoms with Crippen LogP contribution in [0, 0.1) is 0 Å². The predicted octanol–water partition coefficient (Wildman–Crippen LogP) is 5.19. The van der Waals surface area contributed by atoms with Crippen LogP contribution in [-0.2, 0) is 11.3 Å². The van der Waals surface area contributed by atoms with Crippen LogP contribution in [0.4, 0.5) is 39.3 Å². The first-order valence-electron chi connectivity index (χ1n) is 13.2. The molecule has 218 valence electrons. The van der Waals surface area contributed by atoms with Crippen LogP contribution in [0.1, 0.15) is 5.56 Å². The second kappa shape index (κ2) is 13.7. The van der Waals surface area contributed by atoms with Gasteiger partial charge in [-0.15, -0.1) is 0 Å². The zero-order valence-electron chi connectivity index (χ0n) is 23.2. The van der Waals surface area contributed by atoms with Crippen molar-refractivity contribution in [1.29, 1.82) is 0 Å². The summed E-state index contributed by atoms with van der Waals surface area (Å²) in [5.74, 6) is 1.93. The number of morpholine rings is 1. The fraction of sp³-hybridized carbons (Fsp3) is 0.241. The molecule has 4 aromatic rings. The Kier molecular flexibility index (Phi) is 9.37. The summed E-state index contributed by atoms with van der Waals surface area (Å²) < 4.78 is 16.7. The standard InChI is InChI=1S/C29H31ClN8O4/c1-40-25-14-21(35-29(39)33-17-19-4-3-9-31-16-19)5-7-23(25)36-28-32-18-22(30)27(37-28)34-20-6-8-24(26(15-20)41-2)38-10-12-42-13-11-38/h3-9,14-16,18H,10-13,17H2,1-2H3,(H2,33,35,39)(H2,32,34,36,37). The van der Waals surface area contributed by atoms with Gasteiger partial charge in [0.1, 0.15) is 16.5 Å². The Hall–Kier alpha value is -4.81. The smallest absolute Gasteiger partial charge is 0.319 e. The monoisotopic (exact) mass is 590 g/mol. The molecule has 13 heteroatoms. The second-order valence-corrected chi connectivity index (χ2v) is 9.62. The van der Waals surface area contributed by atoms with Gasteiger partial charge in [-0.25, -0.2) is 9.78 Å². The highest BCUT2D eigenvalue weighted by Gasteiger charge is 2.17. The molecule has 1 fully saturated rings. The lowest BCUT2D eigenvalue weighted by molar-refractivity contribution is 0.122. The Labute approximate surface area is 248 Å². The van der Waals surface area contributed by atoms with Crippen LogP contribution < -0.4 is 35.6 Å². The summed E-state index contributed by atoms with van der Waals surface area (Å²) in [6, 6.07) is 14.4. The van der Waals surface area contributed by atoms with Gasteiger partial charge < -0.3 is 40.4 Å². The normalized spacial score (nSPS) is 12.8. The molecule has 1 aliphatic rings. The molecule has 0 unspecified atom stereocenters.